The van der Waals surface area contributed by atoms with Crippen molar-refractivity contribution in [2.75, 3.05) is 19.6 Å². The average molecular weight is 296 g/mol. The maximum absolute atomic E-state index is 12.2. The summed E-state index contributed by atoms with van der Waals surface area (Å²) < 4.78 is 1.95. The summed E-state index contributed by atoms with van der Waals surface area (Å²) in [4.78, 5) is 18.2. The van der Waals surface area contributed by atoms with Crippen molar-refractivity contribution in [1.29, 1.82) is 0 Å². The Labute approximate surface area is 130 Å². The van der Waals surface area contributed by atoms with Crippen molar-refractivity contribution in [1.82, 2.24) is 19.8 Å². The van der Waals surface area contributed by atoms with E-state index in [1.54, 1.807) is 18.6 Å². The van der Waals surface area contributed by atoms with E-state index in [9.17, 15) is 4.79 Å². The number of piperazine rings is 1. The molecule has 0 saturated carbocycles. The fourth-order valence-corrected chi connectivity index (χ4v) is 2.60. The number of amides is 1. The van der Waals surface area contributed by atoms with E-state index >= 15 is 0 Å². The molecular formula is C17H20N4O. The van der Waals surface area contributed by atoms with Gasteiger partial charge < -0.3 is 14.8 Å². The van der Waals surface area contributed by atoms with Crippen LogP contribution in [0.2, 0.25) is 0 Å². The number of imidazole rings is 1. The third-order valence-corrected chi connectivity index (χ3v) is 3.90. The first-order valence-corrected chi connectivity index (χ1v) is 7.52. The normalized spacial score (nSPS) is 18.8. The van der Waals surface area contributed by atoms with E-state index in [1.165, 1.54) is 0 Å². The Morgan fingerprint density at radius 2 is 2.18 bits per heavy atom. The fourth-order valence-electron chi connectivity index (χ4n) is 2.60. The third-order valence-electron chi connectivity index (χ3n) is 3.90. The average Bonchev–Trinajstić information content (AvgIpc) is 3.08. The number of aromatic nitrogens is 2. The van der Waals surface area contributed by atoms with Crippen LogP contribution in [-0.2, 0) is 4.79 Å². The van der Waals surface area contributed by atoms with Gasteiger partial charge in [-0.1, -0.05) is 12.1 Å². The SMILES string of the molecule is CC1CNCCN1C(=O)C=Cc1ccc(-n2ccnc2)cc1. The van der Waals surface area contributed by atoms with Gasteiger partial charge in [0, 0.05) is 49.8 Å². The second-order valence-electron chi connectivity index (χ2n) is 5.48. The van der Waals surface area contributed by atoms with Crippen LogP contribution >= 0.6 is 0 Å². The van der Waals surface area contributed by atoms with Crippen molar-refractivity contribution >= 4 is 12.0 Å². The molecule has 1 amide bonds. The maximum atomic E-state index is 12.2. The molecule has 1 aliphatic heterocycles. The number of hydrogen-bond donors (Lipinski definition) is 1. The quantitative estimate of drug-likeness (QED) is 0.877. The molecule has 1 saturated heterocycles. The van der Waals surface area contributed by atoms with Crippen LogP contribution in [0.4, 0.5) is 0 Å². The smallest absolute Gasteiger partial charge is 0.246 e. The van der Waals surface area contributed by atoms with Crippen LogP contribution < -0.4 is 5.32 Å². The molecule has 3 rings (SSSR count). The van der Waals surface area contributed by atoms with Gasteiger partial charge in [0.2, 0.25) is 5.91 Å². The first-order valence-electron chi connectivity index (χ1n) is 7.52. The molecule has 0 bridgehead atoms. The summed E-state index contributed by atoms with van der Waals surface area (Å²) in [5, 5.41) is 3.29. The van der Waals surface area contributed by atoms with Crippen molar-refractivity contribution in [2.45, 2.75) is 13.0 Å². The van der Waals surface area contributed by atoms with Gasteiger partial charge in [0.1, 0.15) is 0 Å². The minimum absolute atomic E-state index is 0.0766. The number of nitrogens with one attached hydrogen (secondary N) is 1. The molecule has 1 aromatic heterocycles. The predicted octanol–water partition coefficient (Wildman–Crippen LogP) is 1.71. The lowest BCUT2D eigenvalue weighted by Crippen LogP contribution is -2.51. The molecule has 0 radical (unpaired) electrons. The molecule has 1 N–H and O–H groups in total. The highest BCUT2D eigenvalue weighted by Gasteiger charge is 2.20. The lowest BCUT2D eigenvalue weighted by atomic mass is 10.1. The zero-order chi connectivity index (χ0) is 15.4. The lowest BCUT2D eigenvalue weighted by Gasteiger charge is -2.33. The van der Waals surface area contributed by atoms with Crippen LogP contribution in [0.25, 0.3) is 11.8 Å². The summed E-state index contributed by atoms with van der Waals surface area (Å²) in [6.45, 7) is 4.56. The van der Waals surface area contributed by atoms with Gasteiger partial charge in [0.15, 0.2) is 0 Å². The molecule has 0 aliphatic carbocycles. The molecule has 22 heavy (non-hydrogen) atoms. The molecule has 2 aromatic rings. The minimum atomic E-state index is 0.0766. The van der Waals surface area contributed by atoms with Gasteiger partial charge in [-0.05, 0) is 30.7 Å². The monoisotopic (exact) mass is 296 g/mol. The Hall–Kier alpha value is -2.40. The fraction of sp³-hybridized carbons (Fsp3) is 0.294. The summed E-state index contributed by atoms with van der Waals surface area (Å²) in [6, 6.07) is 8.27. The number of nitrogens with zero attached hydrogens (tertiary/aromatic N) is 3. The van der Waals surface area contributed by atoms with Gasteiger partial charge >= 0.3 is 0 Å². The van der Waals surface area contributed by atoms with E-state index in [-0.39, 0.29) is 11.9 Å². The van der Waals surface area contributed by atoms with Gasteiger partial charge in [-0.15, -0.1) is 0 Å². The van der Waals surface area contributed by atoms with Crippen molar-refractivity contribution in [2.24, 2.45) is 0 Å². The molecule has 2 heterocycles. The van der Waals surface area contributed by atoms with Crippen molar-refractivity contribution < 1.29 is 4.79 Å². The molecule has 5 nitrogen and oxygen atoms in total. The van der Waals surface area contributed by atoms with Crippen LogP contribution in [-0.4, -0.2) is 46.0 Å². The Bertz CT molecular complexity index is 646. The zero-order valence-corrected chi connectivity index (χ0v) is 12.6. The van der Waals surface area contributed by atoms with Crippen LogP contribution in [0.3, 0.4) is 0 Å². The third kappa shape index (κ3) is 3.26. The number of carbonyl (C=O) groups is 1. The van der Waals surface area contributed by atoms with E-state index in [0.717, 1.165) is 30.9 Å². The molecule has 114 valence electrons. The van der Waals surface area contributed by atoms with Crippen molar-refractivity contribution in [3.63, 3.8) is 0 Å². The Balaban J connectivity index is 1.66. The van der Waals surface area contributed by atoms with Crippen LogP contribution in [0.1, 0.15) is 12.5 Å². The summed E-state index contributed by atoms with van der Waals surface area (Å²) in [7, 11) is 0. The molecule has 1 fully saturated rings. The van der Waals surface area contributed by atoms with Crippen LogP contribution in [0, 0.1) is 0 Å². The Kier molecular flexibility index (Phi) is 4.34. The second kappa shape index (κ2) is 6.58. The first-order chi connectivity index (χ1) is 10.7. The molecule has 0 spiro atoms. The number of rotatable bonds is 3. The van der Waals surface area contributed by atoms with Gasteiger partial charge in [-0.25, -0.2) is 4.98 Å². The van der Waals surface area contributed by atoms with E-state index in [1.807, 2.05) is 46.0 Å². The summed E-state index contributed by atoms with van der Waals surface area (Å²) >= 11 is 0. The zero-order valence-electron chi connectivity index (χ0n) is 12.6. The molecule has 1 unspecified atom stereocenters. The van der Waals surface area contributed by atoms with Gasteiger partial charge in [-0.2, -0.15) is 0 Å². The van der Waals surface area contributed by atoms with E-state index in [2.05, 4.69) is 17.2 Å². The van der Waals surface area contributed by atoms with E-state index < -0.39 is 0 Å². The topological polar surface area (TPSA) is 50.2 Å². The molecule has 1 aromatic carbocycles. The highest BCUT2D eigenvalue weighted by Crippen LogP contribution is 2.11. The molecule has 5 heteroatoms. The number of hydrogen-bond acceptors (Lipinski definition) is 3. The highest BCUT2D eigenvalue weighted by molar-refractivity contribution is 5.92. The molecule has 1 aliphatic rings. The van der Waals surface area contributed by atoms with Crippen LogP contribution in [0.15, 0.2) is 49.1 Å². The Morgan fingerprint density at radius 3 is 2.86 bits per heavy atom. The number of benzene rings is 1. The second-order valence-corrected chi connectivity index (χ2v) is 5.48. The largest absolute Gasteiger partial charge is 0.334 e. The van der Waals surface area contributed by atoms with Crippen molar-refractivity contribution in [3.8, 4) is 5.69 Å². The van der Waals surface area contributed by atoms with Crippen molar-refractivity contribution in [3.05, 3.63) is 54.6 Å². The molecule has 1 atom stereocenters. The summed E-state index contributed by atoms with van der Waals surface area (Å²) in [5.74, 6) is 0.0766. The summed E-state index contributed by atoms with van der Waals surface area (Å²) in [6.07, 6.45) is 8.95. The van der Waals surface area contributed by atoms with Gasteiger partial charge in [0.05, 0.1) is 6.33 Å². The van der Waals surface area contributed by atoms with Crippen LogP contribution in [0.5, 0.6) is 0 Å². The number of carbonyl (C=O) groups excluding carboxylic acids is 1. The van der Waals surface area contributed by atoms with Gasteiger partial charge in [0.25, 0.3) is 0 Å². The lowest BCUT2D eigenvalue weighted by molar-refractivity contribution is -0.128. The maximum Gasteiger partial charge on any atom is 0.246 e. The summed E-state index contributed by atoms with van der Waals surface area (Å²) in [5.41, 5.74) is 2.07. The van der Waals surface area contributed by atoms with E-state index in [0.29, 0.717) is 0 Å². The van der Waals surface area contributed by atoms with E-state index in [4.69, 9.17) is 0 Å². The minimum Gasteiger partial charge on any atom is -0.334 e. The molecular weight excluding hydrogens is 276 g/mol. The van der Waals surface area contributed by atoms with Gasteiger partial charge in [-0.3, -0.25) is 4.79 Å². The Morgan fingerprint density at radius 1 is 1.36 bits per heavy atom. The predicted molar refractivity (Wildman–Crippen MR) is 86.6 cm³/mol. The highest BCUT2D eigenvalue weighted by atomic mass is 16.2. The first kappa shape index (κ1) is 14.5. The standard InChI is InChI=1S/C17H20N4O/c1-14-12-18-9-11-21(14)17(22)7-4-15-2-5-16(6-3-15)20-10-8-19-13-20/h2-8,10,13-14,18H,9,11-12H2,1H3.